The second-order valence-electron chi connectivity index (χ2n) is 5.56. The van der Waals surface area contributed by atoms with E-state index in [1.807, 2.05) is 0 Å². The average Bonchev–Trinajstić information content (AvgIpc) is 2.32. The van der Waals surface area contributed by atoms with Crippen LogP contribution in [-0.4, -0.2) is 58.9 Å². The Morgan fingerprint density at radius 3 is 1.11 bits per heavy atom. The number of nitrogens with zero attached hydrogens (tertiary/aromatic N) is 3. The minimum atomic E-state index is 1.25. The zero-order valence-electron chi connectivity index (χ0n) is 13.5. The fraction of sp³-hybridized carbons (Fsp3) is 0.933. The summed E-state index contributed by atoms with van der Waals surface area (Å²) in [4.78, 5) is 4.56. The Morgan fingerprint density at radius 2 is 0.895 bits per heavy atom. The van der Waals surface area contributed by atoms with Gasteiger partial charge in [-0.25, -0.2) is 5.26 Å². The first-order valence-corrected chi connectivity index (χ1v) is 7.43. The molecule has 0 N–H and O–H groups in total. The molecule has 0 unspecified atom stereocenters. The van der Waals surface area contributed by atoms with Gasteiger partial charge < -0.3 is 9.80 Å². The normalized spacial score (nSPS) is 10.2. The Hall–Kier alpha value is -0.525. The predicted molar refractivity (Wildman–Crippen MR) is 85.4 cm³/mol. The van der Waals surface area contributed by atoms with Gasteiger partial charge >= 0.3 is 0 Å². The Morgan fingerprint density at radius 1 is 0.684 bits per heavy atom. The van der Waals surface area contributed by atoms with Crippen LogP contribution < -0.4 is 0 Å². The van der Waals surface area contributed by atoms with E-state index in [0.717, 1.165) is 0 Å². The van der Waals surface area contributed by atoms with E-state index in [-0.39, 0.29) is 0 Å². The monoisotopic (exact) mass is 265 g/mol. The fourth-order valence-corrected chi connectivity index (χ4v) is 1.92. The molecule has 0 aromatic heterocycles. The lowest BCUT2D eigenvalue weighted by Gasteiger charge is -2.09. The van der Waals surface area contributed by atoms with Gasteiger partial charge in [0, 0.05) is 0 Å². The van der Waals surface area contributed by atoms with Crippen LogP contribution in [0.3, 0.4) is 0 Å². The molecular weight excluding hydrogens is 233 g/mol. The summed E-state index contributed by atoms with van der Waals surface area (Å²) in [7, 11) is 12.8. The third kappa shape index (κ3) is 26.9. The van der Waals surface area contributed by atoms with Gasteiger partial charge in [-0.05, 0) is 60.1 Å². The molecule has 0 aliphatic carbocycles. The van der Waals surface area contributed by atoms with Crippen LogP contribution in [0, 0.1) is 11.2 Å². The van der Waals surface area contributed by atoms with E-state index in [9.17, 15) is 0 Å². The van der Waals surface area contributed by atoms with Gasteiger partial charge in [-0.3, -0.25) is 0 Å². The number of hydrogen-bond donors (Lipinski definition) is 0. The summed E-state index contributed by atoms with van der Waals surface area (Å²) in [5, 5.41) is 7.10. The second-order valence-corrected chi connectivity index (χ2v) is 5.56. The van der Waals surface area contributed by atoms with Crippen LogP contribution >= 0.6 is 0 Å². The average molecular weight is 265 g/mol. The van der Waals surface area contributed by atoms with Crippen molar-refractivity contribution in [2.75, 3.05) is 41.3 Å². The molecule has 0 saturated carbocycles. The van der Waals surface area contributed by atoms with E-state index in [4.69, 9.17) is 5.26 Å². The number of rotatable bonds is 11. The van der Waals surface area contributed by atoms with E-state index in [0.29, 0.717) is 0 Å². The summed E-state index contributed by atoms with van der Waals surface area (Å²) < 4.78 is 0. The Bertz CT molecular complexity index is 184. The summed E-state index contributed by atoms with van der Waals surface area (Å²) in [5.74, 6) is 1.25. The van der Waals surface area contributed by atoms with Crippen LogP contribution in [0.4, 0.5) is 0 Å². The van der Waals surface area contributed by atoms with Crippen LogP contribution in [0.2, 0.25) is 0 Å². The van der Waals surface area contributed by atoms with Gasteiger partial charge in [0.15, 0.2) is 0 Å². The first-order chi connectivity index (χ1) is 9.04. The zero-order chi connectivity index (χ0) is 14.9. The maximum absolute atomic E-state index is 7.10. The Kier molecular flexibility index (Phi) is 19.1. The molecule has 0 fully saturated rings. The number of hydrogen-bond acceptors (Lipinski definition) is 3. The van der Waals surface area contributed by atoms with Gasteiger partial charge in [0.25, 0.3) is 0 Å². The van der Waals surface area contributed by atoms with Gasteiger partial charge in [0.1, 0.15) is 0 Å². The summed E-state index contributed by atoms with van der Waals surface area (Å²) in [6.07, 6.45) is 11.3. The second kappa shape index (κ2) is 17.5. The molecule has 4 heteroatoms. The van der Waals surface area contributed by atoms with E-state index >= 15 is 0 Å². The lowest BCUT2D eigenvalue weighted by molar-refractivity contribution is 0.384. The van der Waals surface area contributed by atoms with Crippen molar-refractivity contribution in [2.24, 2.45) is 0 Å². The first kappa shape index (κ1) is 20.8. The molecule has 0 saturated heterocycles. The summed E-state index contributed by atoms with van der Waals surface area (Å²) in [5.41, 5.74) is 0. The van der Waals surface area contributed by atoms with E-state index in [2.05, 4.69) is 45.8 Å². The molecule has 0 aliphatic heterocycles. The van der Waals surface area contributed by atoms with Crippen molar-refractivity contribution >= 4 is 7.85 Å². The van der Waals surface area contributed by atoms with Gasteiger partial charge in [0.2, 0.25) is 7.85 Å². The van der Waals surface area contributed by atoms with Crippen molar-refractivity contribution in [1.29, 1.82) is 5.26 Å². The molecule has 0 heterocycles. The summed E-state index contributed by atoms with van der Waals surface area (Å²) in [6.45, 7) is 2.51. The van der Waals surface area contributed by atoms with Crippen molar-refractivity contribution in [3.63, 3.8) is 0 Å². The van der Waals surface area contributed by atoms with Crippen molar-refractivity contribution in [2.45, 2.75) is 51.4 Å². The Balaban J connectivity index is 0. The highest BCUT2D eigenvalue weighted by Gasteiger charge is 1.94. The summed E-state index contributed by atoms with van der Waals surface area (Å²) in [6, 6.07) is 0. The zero-order valence-corrected chi connectivity index (χ0v) is 13.5. The van der Waals surface area contributed by atoms with Crippen LogP contribution in [0.5, 0.6) is 0 Å². The Labute approximate surface area is 122 Å². The van der Waals surface area contributed by atoms with Crippen LogP contribution in [0.15, 0.2) is 0 Å². The third-order valence-corrected chi connectivity index (χ3v) is 2.96. The minimum Gasteiger partial charge on any atom is -0.309 e. The largest absolute Gasteiger partial charge is 0.309 e. The number of nitriles is 1. The lowest BCUT2D eigenvalue weighted by Crippen LogP contribution is -2.12. The van der Waals surface area contributed by atoms with Crippen LogP contribution in [-0.2, 0) is 0 Å². The van der Waals surface area contributed by atoms with Crippen molar-refractivity contribution in [3.8, 4) is 5.97 Å². The number of unbranched alkanes of at least 4 members (excludes halogenated alkanes) is 7. The maximum atomic E-state index is 7.10. The molecule has 0 spiro atoms. The third-order valence-electron chi connectivity index (χ3n) is 2.96. The molecule has 0 amide bonds. The molecule has 110 valence electrons. The van der Waals surface area contributed by atoms with Gasteiger partial charge in [-0.2, -0.15) is 0 Å². The van der Waals surface area contributed by atoms with Crippen LogP contribution in [0.25, 0.3) is 0 Å². The quantitative estimate of drug-likeness (QED) is 0.425. The lowest BCUT2D eigenvalue weighted by atomic mass is 10.1. The smallest absolute Gasteiger partial charge is 0.229 e. The molecule has 0 rings (SSSR count). The van der Waals surface area contributed by atoms with Crippen molar-refractivity contribution < 1.29 is 0 Å². The van der Waals surface area contributed by atoms with Crippen molar-refractivity contribution in [3.05, 3.63) is 0 Å². The van der Waals surface area contributed by atoms with E-state index in [1.165, 1.54) is 70.4 Å². The topological polar surface area (TPSA) is 30.3 Å². The molecule has 0 aromatic rings. The summed E-state index contributed by atoms with van der Waals surface area (Å²) >= 11 is 0. The molecule has 0 aliphatic rings. The maximum Gasteiger partial charge on any atom is 0.229 e. The van der Waals surface area contributed by atoms with Gasteiger partial charge in [-0.1, -0.05) is 38.5 Å². The van der Waals surface area contributed by atoms with Crippen LogP contribution in [0.1, 0.15) is 51.4 Å². The highest BCUT2D eigenvalue weighted by atomic mass is 15.0. The van der Waals surface area contributed by atoms with E-state index in [1.54, 1.807) is 0 Å². The van der Waals surface area contributed by atoms with E-state index < -0.39 is 0 Å². The molecule has 2 radical (unpaired) electrons. The molecule has 3 nitrogen and oxygen atoms in total. The molecule has 19 heavy (non-hydrogen) atoms. The molecule has 0 bridgehead atoms. The SMILES string of the molecule is CN(C)CCCCCCCCCCN(C)C.[B]C#N. The highest BCUT2D eigenvalue weighted by Crippen LogP contribution is 2.08. The molecule has 0 aromatic carbocycles. The fourth-order valence-electron chi connectivity index (χ4n) is 1.92. The molecule has 0 atom stereocenters. The minimum absolute atomic E-state index is 1.25. The molecular formula is C15H32BN3. The predicted octanol–water partition coefficient (Wildman–Crippen LogP) is 2.87. The van der Waals surface area contributed by atoms with Gasteiger partial charge in [-0.15, -0.1) is 0 Å². The first-order valence-electron chi connectivity index (χ1n) is 7.43. The standard InChI is InChI=1S/C14H32N2.CBN/c1-15(2)13-11-9-7-5-6-8-10-12-14-16(3)4;2-1-3/h5-14H2,1-4H3;. The highest BCUT2D eigenvalue weighted by molar-refractivity contribution is 6.20. The van der Waals surface area contributed by atoms with Crippen molar-refractivity contribution in [1.82, 2.24) is 9.80 Å². The van der Waals surface area contributed by atoms with Gasteiger partial charge in [0.05, 0.1) is 0 Å².